The van der Waals surface area contributed by atoms with Crippen molar-refractivity contribution in [1.29, 1.82) is 5.26 Å². The maximum Gasteiger partial charge on any atom is 0.125 e. The standard InChI is InChI=1S/C17H24N4/c1-20-9-11-21(12-10-20)13-15-3-5-16(6-4-15)19-17(14-18)7-2-8-17/h3-6,19H,2,7-13H2,1H3. The highest BCUT2D eigenvalue weighted by Gasteiger charge is 2.36. The molecule has 0 amide bonds. The summed E-state index contributed by atoms with van der Waals surface area (Å²) in [6.07, 6.45) is 3.08. The molecule has 3 rings (SSSR count). The molecule has 1 aromatic carbocycles. The van der Waals surface area contributed by atoms with E-state index >= 15 is 0 Å². The van der Waals surface area contributed by atoms with Crippen molar-refractivity contribution in [3.05, 3.63) is 29.8 Å². The van der Waals surface area contributed by atoms with Gasteiger partial charge < -0.3 is 10.2 Å². The van der Waals surface area contributed by atoms with Gasteiger partial charge in [0, 0.05) is 38.4 Å². The summed E-state index contributed by atoms with van der Waals surface area (Å²) in [4.78, 5) is 4.88. The molecule has 0 atom stereocenters. The topological polar surface area (TPSA) is 42.3 Å². The van der Waals surface area contributed by atoms with Gasteiger partial charge in [0.25, 0.3) is 0 Å². The highest BCUT2D eigenvalue weighted by Crippen LogP contribution is 2.34. The van der Waals surface area contributed by atoms with E-state index in [9.17, 15) is 5.26 Å². The number of nitrogens with zero attached hydrogens (tertiary/aromatic N) is 3. The maximum atomic E-state index is 9.27. The lowest BCUT2D eigenvalue weighted by atomic mass is 9.78. The number of piperazine rings is 1. The van der Waals surface area contributed by atoms with Crippen molar-refractivity contribution < 1.29 is 0 Å². The molecule has 0 aromatic heterocycles. The fourth-order valence-corrected chi connectivity index (χ4v) is 3.03. The van der Waals surface area contributed by atoms with Crippen molar-refractivity contribution in [3.63, 3.8) is 0 Å². The van der Waals surface area contributed by atoms with Gasteiger partial charge in [0.1, 0.15) is 5.54 Å². The van der Waals surface area contributed by atoms with Gasteiger partial charge in [-0.2, -0.15) is 5.26 Å². The molecule has 0 unspecified atom stereocenters. The number of benzene rings is 1. The van der Waals surface area contributed by atoms with Crippen LogP contribution in [0.15, 0.2) is 24.3 Å². The minimum Gasteiger partial charge on any atom is -0.367 e. The van der Waals surface area contributed by atoms with Gasteiger partial charge in [0.05, 0.1) is 6.07 Å². The lowest BCUT2D eigenvalue weighted by Crippen LogP contribution is -2.44. The largest absolute Gasteiger partial charge is 0.367 e. The lowest BCUT2D eigenvalue weighted by Gasteiger charge is -2.37. The Bertz CT molecular complexity index is 505. The first kappa shape index (κ1) is 14.4. The van der Waals surface area contributed by atoms with Gasteiger partial charge in [-0.1, -0.05) is 12.1 Å². The SMILES string of the molecule is CN1CCN(Cc2ccc(NC3(C#N)CCC3)cc2)CC1. The van der Waals surface area contributed by atoms with Crippen molar-refractivity contribution in [2.45, 2.75) is 31.3 Å². The van der Waals surface area contributed by atoms with Crippen molar-refractivity contribution in [2.75, 3.05) is 38.5 Å². The van der Waals surface area contributed by atoms with E-state index in [0.717, 1.165) is 57.7 Å². The third kappa shape index (κ3) is 3.37. The van der Waals surface area contributed by atoms with Crippen LogP contribution < -0.4 is 5.32 Å². The van der Waals surface area contributed by atoms with Crippen LogP contribution >= 0.6 is 0 Å². The Morgan fingerprint density at radius 2 is 1.81 bits per heavy atom. The highest BCUT2D eigenvalue weighted by molar-refractivity contribution is 5.49. The number of nitrogens with one attached hydrogen (secondary N) is 1. The minimum atomic E-state index is -0.307. The quantitative estimate of drug-likeness (QED) is 0.921. The van der Waals surface area contributed by atoms with Crippen LogP contribution in [0.2, 0.25) is 0 Å². The molecule has 21 heavy (non-hydrogen) atoms. The van der Waals surface area contributed by atoms with Crippen LogP contribution in [0, 0.1) is 11.3 Å². The zero-order chi connectivity index (χ0) is 14.7. The minimum absolute atomic E-state index is 0.307. The zero-order valence-corrected chi connectivity index (χ0v) is 12.8. The Balaban J connectivity index is 1.56. The normalized spacial score (nSPS) is 22.3. The van der Waals surface area contributed by atoms with Crippen LogP contribution in [0.1, 0.15) is 24.8 Å². The van der Waals surface area contributed by atoms with Crippen LogP contribution in [0.4, 0.5) is 5.69 Å². The van der Waals surface area contributed by atoms with E-state index in [0.29, 0.717) is 0 Å². The Kier molecular flexibility index (Phi) is 4.14. The Morgan fingerprint density at radius 1 is 1.14 bits per heavy atom. The monoisotopic (exact) mass is 284 g/mol. The molecule has 1 N–H and O–H groups in total. The Hall–Kier alpha value is -1.57. The van der Waals surface area contributed by atoms with E-state index in [1.54, 1.807) is 0 Å². The third-order valence-electron chi connectivity index (χ3n) is 4.76. The van der Waals surface area contributed by atoms with Gasteiger partial charge in [0.15, 0.2) is 0 Å². The van der Waals surface area contributed by atoms with Crippen molar-refractivity contribution in [1.82, 2.24) is 9.80 Å². The smallest absolute Gasteiger partial charge is 0.125 e. The van der Waals surface area contributed by atoms with Gasteiger partial charge in [-0.3, -0.25) is 4.90 Å². The number of hydrogen-bond donors (Lipinski definition) is 1. The van der Waals surface area contributed by atoms with Crippen molar-refractivity contribution in [3.8, 4) is 6.07 Å². The number of likely N-dealkylation sites (N-methyl/N-ethyl adjacent to an activating group) is 1. The molecule has 4 heteroatoms. The number of rotatable bonds is 4. The van der Waals surface area contributed by atoms with Crippen LogP contribution in [-0.4, -0.2) is 48.6 Å². The van der Waals surface area contributed by atoms with Crippen LogP contribution in [-0.2, 0) is 6.54 Å². The van der Waals surface area contributed by atoms with Crippen molar-refractivity contribution >= 4 is 5.69 Å². The molecule has 2 aliphatic rings. The first-order valence-corrected chi connectivity index (χ1v) is 7.88. The lowest BCUT2D eigenvalue weighted by molar-refractivity contribution is 0.148. The molecule has 1 saturated heterocycles. The second-order valence-corrected chi connectivity index (χ2v) is 6.45. The fraction of sp³-hybridized carbons (Fsp3) is 0.588. The maximum absolute atomic E-state index is 9.27. The van der Waals surface area contributed by atoms with Crippen LogP contribution in [0.25, 0.3) is 0 Å². The van der Waals surface area contributed by atoms with E-state index in [1.807, 2.05) is 0 Å². The second-order valence-electron chi connectivity index (χ2n) is 6.45. The summed E-state index contributed by atoms with van der Waals surface area (Å²) in [5.74, 6) is 0. The van der Waals surface area contributed by atoms with E-state index in [1.165, 1.54) is 5.56 Å². The Morgan fingerprint density at radius 3 is 2.33 bits per heavy atom. The average molecular weight is 284 g/mol. The molecule has 1 aliphatic carbocycles. The molecule has 4 nitrogen and oxygen atoms in total. The third-order valence-corrected chi connectivity index (χ3v) is 4.76. The predicted molar refractivity (Wildman–Crippen MR) is 85.0 cm³/mol. The molecule has 1 aliphatic heterocycles. The molecule has 0 radical (unpaired) electrons. The predicted octanol–water partition coefficient (Wildman–Crippen LogP) is 2.29. The molecule has 112 valence electrons. The highest BCUT2D eigenvalue weighted by atomic mass is 15.2. The summed E-state index contributed by atoms with van der Waals surface area (Å²) in [7, 11) is 2.18. The molecular formula is C17H24N4. The van der Waals surface area contributed by atoms with E-state index in [-0.39, 0.29) is 5.54 Å². The number of hydrogen-bond acceptors (Lipinski definition) is 4. The van der Waals surface area contributed by atoms with E-state index in [4.69, 9.17) is 0 Å². The summed E-state index contributed by atoms with van der Waals surface area (Å²) in [5.41, 5.74) is 2.11. The van der Waals surface area contributed by atoms with Gasteiger partial charge >= 0.3 is 0 Å². The van der Waals surface area contributed by atoms with Gasteiger partial charge in [0.2, 0.25) is 0 Å². The zero-order valence-electron chi connectivity index (χ0n) is 12.8. The summed E-state index contributed by atoms with van der Waals surface area (Å²) in [6.45, 7) is 5.63. The van der Waals surface area contributed by atoms with E-state index in [2.05, 4.69) is 52.5 Å². The molecule has 2 fully saturated rings. The van der Waals surface area contributed by atoms with Gasteiger partial charge in [-0.15, -0.1) is 0 Å². The number of anilines is 1. The van der Waals surface area contributed by atoms with Crippen LogP contribution in [0.5, 0.6) is 0 Å². The van der Waals surface area contributed by atoms with Crippen molar-refractivity contribution in [2.24, 2.45) is 0 Å². The summed E-state index contributed by atoms with van der Waals surface area (Å²) >= 11 is 0. The number of nitriles is 1. The van der Waals surface area contributed by atoms with E-state index < -0.39 is 0 Å². The van der Waals surface area contributed by atoms with Crippen LogP contribution in [0.3, 0.4) is 0 Å². The molecule has 1 aromatic rings. The second kappa shape index (κ2) is 6.05. The first-order valence-electron chi connectivity index (χ1n) is 7.88. The molecule has 1 heterocycles. The molecular weight excluding hydrogens is 260 g/mol. The molecule has 0 bridgehead atoms. The average Bonchev–Trinajstić information content (AvgIpc) is 2.47. The summed E-state index contributed by atoms with van der Waals surface area (Å²) < 4.78 is 0. The fourth-order valence-electron chi connectivity index (χ4n) is 3.03. The summed E-state index contributed by atoms with van der Waals surface area (Å²) in [6, 6.07) is 11.0. The first-order chi connectivity index (χ1) is 10.2. The van der Waals surface area contributed by atoms with Gasteiger partial charge in [-0.25, -0.2) is 0 Å². The van der Waals surface area contributed by atoms with Gasteiger partial charge in [-0.05, 0) is 44.0 Å². The molecule has 0 spiro atoms. The summed E-state index contributed by atoms with van der Waals surface area (Å²) in [5, 5.41) is 12.7. The Labute approximate surface area is 127 Å². The molecule has 1 saturated carbocycles.